The number of hydrogen-bond donors (Lipinski definition) is 1. The van der Waals surface area contributed by atoms with Crippen LogP contribution in [0.15, 0.2) is 71.3 Å². The highest BCUT2D eigenvalue weighted by atomic mass is 19.1. The van der Waals surface area contributed by atoms with Crippen LogP contribution in [0.4, 0.5) is 15.0 Å². The van der Waals surface area contributed by atoms with Gasteiger partial charge < -0.3 is 9.42 Å². The predicted molar refractivity (Wildman–Crippen MR) is 133 cm³/mol. The van der Waals surface area contributed by atoms with Crippen molar-refractivity contribution in [3.63, 3.8) is 0 Å². The summed E-state index contributed by atoms with van der Waals surface area (Å²) in [5.74, 6) is 5.80. The first-order valence-electron chi connectivity index (χ1n) is 11.5. The van der Waals surface area contributed by atoms with Gasteiger partial charge in [-0.25, -0.2) is 9.18 Å². The van der Waals surface area contributed by atoms with Crippen molar-refractivity contribution in [1.29, 1.82) is 5.26 Å². The molecule has 7 nitrogen and oxygen atoms in total. The molecule has 0 saturated carbocycles. The van der Waals surface area contributed by atoms with E-state index >= 15 is 0 Å². The number of rotatable bonds is 3. The number of carbonyl (C=O) groups is 1. The largest absolute Gasteiger partial charge is 0.354 e. The number of fused-ring (bicyclic) bond motifs is 1. The lowest BCUT2D eigenvalue weighted by molar-refractivity contribution is 0.143. The van der Waals surface area contributed by atoms with Gasteiger partial charge in [0, 0.05) is 43.9 Å². The first-order chi connectivity index (χ1) is 17.6. The molecule has 3 aromatic carbocycles. The highest BCUT2D eigenvalue weighted by Gasteiger charge is 2.22. The Morgan fingerprint density at radius 3 is 2.67 bits per heavy atom. The summed E-state index contributed by atoms with van der Waals surface area (Å²) in [6.45, 7) is 3.38. The normalized spacial score (nSPS) is 13.6. The first kappa shape index (κ1) is 23.1. The minimum Gasteiger partial charge on any atom is -0.354 e. The zero-order valence-corrected chi connectivity index (χ0v) is 19.4. The lowest BCUT2D eigenvalue weighted by Crippen LogP contribution is -2.49. The zero-order chi connectivity index (χ0) is 24.9. The van der Waals surface area contributed by atoms with Crippen molar-refractivity contribution in [2.45, 2.75) is 6.54 Å². The molecule has 1 saturated heterocycles. The molecule has 4 aromatic rings. The van der Waals surface area contributed by atoms with Crippen molar-refractivity contribution in [3.8, 4) is 17.9 Å². The van der Waals surface area contributed by atoms with Crippen LogP contribution in [0.2, 0.25) is 0 Å². The lowest BCUT2D eigenvalue weighted by atomic mass is 10.1. The zero-order valence-electron chi connectivity index (χ0n) is 19.4. The summed E-state index contributed by atoms with van der Waals surface area (Å²) < 4.78 is 19.1. The second-order valence-corrected chi connectivity index (χ2v) is 8.45. The fraction of sp³-hybridized carbons (Fsp3) is 0.179. The molecule has 0 unspecified atom stereocenters. The number of amides is 2. The van der Waals surface area contributed by atoms with Crippen LogP contribution < -0.4 is 5.32 Å². The van der Waals surface area contributed by atoms with Crippen LogP contribution >= 0.6 is 0 Å². The van der Waals surface area contributed by atoms with E-state index in [-0.39, 0.29) is 11.6 Å². The van der Waals surface area contributed by atoms with Crippen molar-refractivity contribution < 1.29 is 13.7 Å². The minimum absolute atomic E-state index is 0.0419. The van der Waals surface area contributed by atoms with Gasteiger partial charge in [-0.05, 0) is 42.0 Å². The fourth-order valence-corrected chi connectivity index (χ4v) is 4.15. The van der Waals surface area contributed by atoms with Crippen molar-refractivity contribution in [2.75, 3.05) is 31.5 Å². The molecular formula is C28H22FN5O2. The Morgan fingerprint density at radius 2 is 1.83 bits per heavy atom. The number of anilines is 1. The molecule has 8 heteroatoms. The van der Waals surface area contributed by atoms with Gasteiger partial charge in [0.05, 0.1) is 5.39 Å². The maximum Gasteiger partial charge on any atom is 0.323 e. The van der Waals surface area contributed by atoms with Crippen LogP contribution in [0.1, 0.15) is 22.3 Å². The van der Waals surface area contributed by atoms with E-state index in [1.54, 1.807) is 17.0 Å². The first-order valence-corrected chi connectivity index (χ1v) is 11.5. The van der Waals surface area contributed by atoms with Gasteiger partial charge in [0.25, 0.3) is 0 Å². The van der Waals surface area contributed by atoms with Crippen LogP contribution in [0.5, 0.6) is 0 Å². The van der Waals surface area contributed by atoms with Gasteiger partial charge in [-0.2, -0.15) is 5.26 Å². The van der Waals surface area contributed by atoms with E-state index in [9.17, 15) is 14.4 Å². The summed E-state index contributed by atoms with van der Waals surface area (Å²) in [7, 11) is 0. The number of nitrogens with one attached hydrogen (secondary N) is 1. The summed E-state index contributed by atoms with van der Waals surface area (Å²) in [6, 6.07) is 21.4. The number of piperazine rings is 1. The summed E-state index contributed by atoms with van der Waals surface area (Å²) in [6.07, 6.45) is 0. The molecule has 2 heterocycles. The molecule has 2 amide bonds. The quantitative estimate of drug-likeness (QED) is 0.435. The predicted octanol–water partition coefficient (Wildman–Crippen LogP) is 4.59. The third-order valence-electron chi connectivity index (χ3n) is 6.06. The van der Waals surface area contributed by atoms with Crippen LogP contribution in [-0.2, 0) is 6.54 Å². The van der Waals surface area contributed by atoms with Crippen LogP contribution in [0, 0.1) is 29.0 Å². The molecule has 1 N–H and O–H groups in total. The van der Waals surface area contributed by atoms with Crippen molar-refractivity contribution in [3.05, 3.63) is 94.8 Å². The van der Waals surface area contributed by atoms with E-state index in [2.05, 4.69) is 27.2 Å². The van der Waals surface area contributed by atoms with Crippen molar-refractivity contribution in [1.82, 2.24) is 15.0 Å². The SMILES string of the molecule is N#Cc1c(F)cccc1C#Cc1cccc(CN2CCN(C(=O)Nc3noc4ccccc34)CC2)c1. The smallest absolute Gasteiger partial charge is 0.323 e. The molecule has 0 aliphatic carbocycles. The lowest BCUT2D eigenvalue weighted by Gasteiger charge is -2.34. The maximum absolute atomic E-state index is 13.8. The number of aromatic nitrogens is 1. The molecule has 36 heavy (non-hydrogen) atoms. The highest BCUT2D eigenvalue weighted by Crippen LogP contribution is 2.22. The number of halogens is 1. The average Bonchev–Trinajstić information content (AvgIpc) is 3.31. The van der Waals surface area contributed by atoms with Gasteiger partial charge in [0.2, 0.25) is 0 Å². The van der Waals surface area contributed by atoms with Crippen LogP contribution in [-0.4, -0.2) is 47.2 Å². The summed E-state index contributed by atoms with van der Waals surface area (Å²) in [4.78, 5) is 16.8. The summed E-state index contributed by atoms with van der Waals surface area (Å²) >= 11 is 0. The molecule has 1 aliphatic rings. The van der Waals surface area contributed by atoms with E-state index in [0.717, 1.165) is 36.1 Å². The van der Waals surface area contributed by atoms with Gasteiger partial charge in [-0.1, -0.05) is 47.3 Å². The number of urea groups is 1. The van der Waals surface area contributed by atoms with Crippen LogP contribution in [0.25, 0.3) is 11.0 Å². The molecule has 1 aliphatic heterocycles. The average molecular weight is 480 g/mol. The molecule has 1 aromatic heterocycles. The van der Waals surface area contributed by atoms with E-state index in [0.29, 0.717) is 30.1 Å². The third-order valence-corrected chi connectivity index (χ3v) is 6.06. The fourth-order valence-electron chi connectivity index (χ4n) is 4.15. The standard InChI is InChI=1S/C28H22FN5O2/c29-25-9-4-7-22(24(25)18-30)12-11-20-5-3-6-21(17-20)19-33-13-15-34(16-14-33)28(35)31-27-23-8-1-2-10-26(23)36-32-27/h1-10,17H,13-16,19H2,(H,31,32,35). The number of nitriles is 1. The van der Waals surface area contributed by atoms with E-state index < -0.39 is 5.82 Å². The number of carbonyl (C=O) groups excluding carboxylic acids is 1. The minimum atomic E-state index is -0.569. The second kappa shape index (κ2) is 10.3. The molecular weight excluding hydrogens is 457 g/mol. The van der Waals surface area contributed by atoms with Gasteiger partial charge in [-0.3, -0.25) is 10.2 Å². The van der Waals surface area contributed by atoms with E-state index in [4.69, 9.17) is 4.52 Å². The third kappa shape index (κ3) is 5.05. The van der Waals surface area contributed by atoms with Gasteiger partial charge in [0.15, 0.2) is 11.4 Å². The van der Waals surface area contributed by atoms with Gasteiger partial charge in [0.1, 0.15) is 17.4 Å². The molecule has 1 fully saturated rings. The number of hydrogen-bond acceptors (Lipinski definition) is 5. The van der Waals surface area contributed by atoms with Crippen LogP contribution in [0.3, 0.4) is 0 Å². The molecule has 178 valence electrons. The Labute approximate surface area is 207 Å². The number of para-hydroxylation sites is 1. The Morgan fingerprint density at radius 1 is 1.03 bits per heavy atom. The number of benzene rings is 3. The van der Waals surface area contributed by atoms with E-state index in [1.807, 2.05) is 54.6 Å². The molecule has 0 bridgehead atoms. The summed E-state index contributed by atoms with van der Waals surface area (Å²) in [5, 5.41) is 16.8. The number of nitrogens with zero attached hydrogens (tertiary/aromatic N) is 4. The highest BCUT2D eigenvalue weighted by molar-refractivity contribution is 5.98. The summed E-state index contributed by atoms with van der Waals surface area (Å²) in [5.41, 5.74) is 2.84. The maximum atomic E-state index is 13.8. The molecule has 0 spiro atoms. The van der Waals surface area contributed by atoms with E-state index in [1.165, 1.54) is 6.07 Å². The Hall–Kier alpha value is -4.66. The monoisotopic (exact) mass is 479 g/mol. The Bertz CT molecular complexity index is 1520. The second-order valence-electron chi connectivity index (χ2n) is 8.45. The molecule has 5 rings (SSSR count). The molecule has 0 atom stereocenters. The molecule has 0 radical (unpaired) electrons. The van der Waals surface area contributed by atoms with Crippen molar-refractivity contribution >= 4 is 22.8 Å². The Balaban J connectivity index is 1.18. The Kier molecular flexibility index (Phi) is 6.61. The topological polar surface area (TPSA) is 85.4 Å². The van der Waals surface area contributed by atoms with Crippen molar-refractivity contribution in [2.24, 2.45) is 0 Å². The van der Waals surface area contributed by atoms with Gasteiger partial charge in [-0.15, -0.1) is 0 Å². The van der Waals surface area contributed by atoms with Gasteiger partial charge >= 0.3 is 6.03 Å².